The van der Waals surface area contributed by atoms with Crippen molar-refractivity contribution in [2.45, 2.75) is 52.9 Å². The van der Waals surface area contributed by atoms with Gasteiger partial charge in [0.05, 0.1) is 0 Å². The van der Waals surface area contributed by atoms with Crippen molar-refractivity contribution in [3.8, 4) is 0 Å². The summed E-state index contributed by atoms with van der Waals surface area (Å²) in [5, 5.41) is 0. The van der Waals surface area contributed by atoms with E-state index in [1.54, 1.807) is 0 Å². The number of likely N-dealkylation sites (tertiary alicyclic amines) is 1. The van der Waals surface area contributed by atoms with Crippen LogP contribution in [-0.2, 0) is 0 Å². The number of rotatable bonds is 6. The highest BCUT2D eigenvalue weighted by Crippen LogP contribution is 2.28. The fraction of sp³-hybridized carbons (Fsp3) is 0.600. The third-order valence-corrected chi connectivity index (χ3v) is 5.11. The van der Waals surface area contributed by atoms with Gasteiger partial charge in [0.15, 0.2) is 0 Å². The maximum atomic E-state index is 4.33. The summed E-state index contributed by atoms with van der Waals surface area (Å²) in [4.78, 5) is 2.48. The van der Waals surface area contributed by atoms with Crippen molar-refractivity contribution >= 4 is 5.70 Å². The summed E-state index contributed by atoms with van der Waals surface area (Å²) < 4.78 is 0. The van der Waals surface area contributed by atoms with Crippen LogP contribution < -0.4 is 0 Å². The minimum Gasteiger partial charge on any atom is -0.372 e. The van der Waals surface area contributed by atoms with E-state index in [0.29, 0.717) is 0 Å². The average molecular weight is 285 g/mol. The molecule has 1 aromatic carbocycles. The summed E-state index contributed by atoms with van der Waals surface area (Å²) >= 11 is 0. The van der Waals surface area contributed by atoms with Gasteiger partial charge in [0, 0.05) is 18.8 Å². The molecule has 1 heterocycles. The molecule has 1 heteroatoms. The van der Waals surface area contributed by atoms with Crippen LogP contribution in [-0.4, -0.2) is 18.0 Å². The molecular formula is C20H31N. The van der Waals surface area contributed by atoms with Gasteiger partial charge >= 0.3 is 0 Å². The van der Waals surface area contributed by atoms with Crippen LogP contribution in [0.1, 0.15) is 57.1 Å². The van der Waals surface area contributed by atoms with Gasteiger partial charge in [-0.1, -0.05) is 63.5 Å². The molecule has 1 fully saturated rings. The van der Waals surface area contributed by atoms with Crippen molar-refractivity contribution in [3.63, 3.8) is 0 Å². The molecule has 1 aliphatic heterocycles. The summed E-state index contributed by atoms with van der Waals surface area (Å²) in [7, 11) is 0. The van der Waals surface area contributed by atoms with E-state index in [-0.39, 0.29) is 0 Å². The molecule has 1 nitrogen and oxygen atoms in total. The molecule has 0 N–H and O–H groups in total. The Balaban J connectivity index is 1.82. The Kier molecular flexibility index (Phi) is 5.90. The van der Waals surface area contributed by atoms with Gasteiger partial charge in [-0.25, -0.2) is 0 Å². The second kappa shape index (κ2) is 7.68. The van der Waals surface area contributed by atoms with Crippen molar-refractivity contribution in [2.75, 3.05) is 13.1 Å². The first-order valence-corrected chi connectivity index (χ1v) is 8.61. The lowest BCUT2D eigenvalue weighted by Crippen LogP contribution is -2.32. The number of hydrogen-bond acceptors (Lipinski definition) is 1. The molecule has 0 aliphatic carbocycles. The molecule has 21 heavy (non-hydrogen) atoms. The highest BCUT2D eigenvalue weighted by molar-refractivity contribution is 5.62. The topological polar surface area (TPSA) is 3.24 Å². The normalized spacial score (nSPS) is 17.8. The summed E-state index contributed by atoms with van der Waals surface area (Å²) in [5.41, 5.74) is 3.81. The third kappa shape index (κ3) is 4.62. The lowest BCUT2D eigenvalue weighted by atomic mass is 9.88. The zero-order valence-electron chi connectivity index (χ0n) is 14.1. The molecule has 2 rings (SSSR count). The molecule has 1 unspecified atom stereocenters. The Hall–Kier alpha value is -1.24. The lowest BCUT2D eigenvalue weighted by molar-refractivity contribution is 0.235. The Bertz CT molecular complexity index is 455. The van der Waals surface area contributed by atoms with Crippen molar-refractivity contribution in [3.05, 3.63) is 42.0 Å². The first-order valence-electron chi connectivity index (χ1n) is 8.61. The zero-order chi connectivity index (χ0) is 15.2. The molecule has 1 aromatic rings. The van der Waals surface area contributed by atoms with Gasteiger partial charge in [-0.15, -0.1) is 0 Å². The Morgan fingerprint density at radius 1 is 1.33 bits per heavy atom. The third-order valence-electron chi connectivity index (χ3n) is 5.11. The van der Waals surface area contributed by atoms with Gasteiger partial charge in [0.1, 0.15) is 0 Å². The number of nitrogens with zero attached hydrogens (tertiary/aromatic N) is 1. The van der Waals surface area contributed by atoms with Crippen LogP contribution >= 0.6 is 0 Å². The quantitative estimate of drug-likeness (QED) is 0.666. The maximum absolute atomic E-state index is 4.33. The Morgan fingerprint density at radius 2 is 2.05 bits per heavy atom. The largest absolute Gasteiger partial charge is 0.372 e. The zero-order valence-corrected chi connectivity index (χ0v) is 14.1. The summed E-state index contributed by atoms with van der Waals surface area (Å²) in [5.74, 6) is 1.82. The molecule has 1 atom stereocenters. The second-order valence-corrected chi connectivity index (χ2v) is 6.84. The highest BCUT2D eigenvalue weighted by atomic mass is 15.1. The lowest BCUT2D eigenvalue weighted by Gasteiger charge is -2.35. The van der Waals surface area contributed by atoms with Crippen LogP contribution in [0, 0.1) is 18.8 Å². The molecule has 0 bridgehead atoms. The summed E-state index contributed by atoms with van der Waals surface area (Å²) in [6.45, 7) is 13.5. The van der Waals surface area contributed by atoms with Crippen molar-refractivity contribution in [1.29, 1.82) is 0 Å². The van der Waals surface area contributed by atoms with Crippen molar-refractivity contribution < 1.29 is 0 Å². The standard InChI is InChI=1S/C20H31N/c1-5-16(2)9-10-19-11-13-21(14-12-19)18(4)20-8-6-7-17(3)15-20/h6-8,15-16,19H,4-5,9-14H2,1-3H3. The number of benzene rings is 1. The van der Waals surface area contributed by atoms with E-state index < -0.39 is 0 Å². The van der Waals surface area contributed by atoms with Gasteiger partial charge in [-0.2, -0.15) is 0 Å². The van der Waals surface area contributed by atoms with E-state index >= 15 is 0 Å². The first-order chi connectivity index (χ1) is 10.1. The molecular weight excluding hydrogens is 254 g/mol. The molecule has 1 saturated heterocycles. The van der Waals surface area contributed by atoms with E-state index in [2.05, 4.69) is 56.5 Å². The number of piperidine rings is 1. The summed E-state index contributed by atoms with van der Waals surface area (Å²) in [6, 6.07) is 8.72. The van der Waals surface area contributed by atoms with E-state index in [4.69, 9.17) is 0 Å². The van der Waals surface area contributed by atoms with E-state index in [9.17, 15) is 0 Å². The van der Waals surface area contributed by atoms with Crippen LogP contribution in [0.25, 0.3) is 5.70 Å². The van der Waals surface area contributed by atoms with Gasteiger partial charge < -0.3 is 4.90 Å². The first kappa shape index (κ1) is 16.1. The van der Waals surface area contributed by atoms with Crippen molar-refractivity contribution in [2.24, 2.45) is 11.8 Å². The van der Waals surface area contributed by atoms with E-state index in [1.165, 1.54) is 62.0 Å². The van der Waals surface area contributed by atoms with Crippen LogP contribution in [0.3, 0.4) is 0 Å². The van der Waals surface area contributed by atoms with E-state index in [0.717, 1.165) is 11.8 Å². The molecule has 0 saturated carbocycles. The molecule has 1 aliphatic rings. The fourth-order valence-electron chi connectivity index (χ4n) is 3.22. The predicted molar refractivity (Wildman–Crippen MR) is 93.2 cm³/mol. The molecule has 0 radical (unpaired) electrons. The van der Waals surface area contributed by atoms with Crippen LogP contribution in [0.4, 0.5) is 0 Å². The smallest absolute Gasteiger partial charge is 0.0366 e. The number of hydrogen-bond donors (Lipinski definition) is 0. The van der Waals surface area contributed by atoms with E-state index in [1.807, 2.05) is 0 Å². The van der Waals surface area contributed by atoms with Crippen LogP contribution in [0.15, 0.2) is 30.8 Å². The minimum atomic E-state index is 0.894. The highest BCUT2D eigenvalue weighted by Gasteiger charge is 2.20. The number of aryl methyl sites for hydroxylation is 1. The average Bonchev–Trinajstić information content (AvgIpc) is 2.52. The summed E-state index contributed by atoms with van der Waals surface area (Å²) in [6.07, 6.45) is 6.81. The molecule has 0 aromatic heterocycles. The SMILES string of the molecule is C=C(c1cccc(C)c1)N1CCC(CCC(C)CC)CC1. The maximum Gasteiger partial charge on any atom is 0.0366 e. The fourth-order valence-corrected chi connectivity index (χ4v) is 3.22. The van der Waals surface area contributed by atoms with Crippen molar-refractivity contribution in [1.82, 2.24) is 4.90 Å². The van der Waals surface area contributed by atoms with Crippen LogP contribution in [0.5, 0.6) is 0 Å². The van der Waals surface area contributed by atoms with Gasteiger partial charge in [-0.3, -0.25) is 0 Å². The monoisotopic (exact) mass is 285 g/mol. The van der Waals surface area contributed by atoms with Gasteiger partial charge in [0.25, 0.3) is 0 Å². The van der Waals surface area contributed by atoms with Crippen LogP contribution in [0.2, 0.25) is 0 Å². The second-order valence-electron chi connectivity index (χ2n) is 6.84. The Morgan fingerprint density at radius 3 is 2.67 bits per heavy atom. The minimum absolute atomic E-state index is 0.894. The molecule has 0 spiro atoms. The molecule has 0 amide bonds. The predicted octanol–water partition coefficient (Wildman–Crippen LogP) is 5.50. The molecule has 116 valence electrons. The van der Waals surface area contributed by atoms with Gasteiger partial charge in [-0.05, 0) is 43.2 Å². The Labute approximate surface area is 131 Å². The van der Waals surface area contributed by atoms with Gasteiger partial charge in [0.2, 0.25) is 0 Å².